The van der Waals surface area contributed by atoms with Crippen LogP contribution in [0.5, 0.6) is 0 Å². The molecular weight excluding hydrogens is 209 g/mol. The van der Waals surface area contributed by atoms with Crippen molar-refractivity contribution in [1.29, 1.82) is 0 Å². The minimum Gasteiger partial charge on any atom is -0.465 e. The van der Waals surface area contributed by atoms with Crippen molar-refractivity contribution < 1.29 is 13.9 Å². The van der Waals surface area contributed by atoms with E-state index in [0.717, 1.165) is 5.56 Å². The lowest BCUT2D eigenvalue weighted by Gasteiger charge is -2.14. The lowest BCUT2D eigenvalue weighted by atomic mass is 10.1. The van der Waals surface area contributed by atoms with Crippen LogP contribution in [0.2, 0.25) is 0 Å². The molecule has 3 nitrogen and oxygen atoms in total. The van der Waals surface area contributed by atoms with E-state index in [1.54, 1.807) is 26.1 Å². The van der Waals surface area contributed by atoms with Gasteiger partial charge in [-0.05, 0) is 38.1 Å². The van der Waals surface area contributed by atoms with Crippen LogP contribution in [-0.2, 0) is 16.0 Å². The first-order chi connectivity index (χ1) is 7.67. The predicted octanol–water partition coefficient (Wildman–Crippen LogP) is 1.52. The molecule has 0 aliphatic carbocycles. The zero-order chi connectivity index (χ0) is 12.0. The Morgan fingerprint density at radius 3 is 2.56 bits per heavy atom. The van der Waals surface area contributed by atoms with Gasteiger partial charge in [0.2, 0.25) is 0 Å². The summed E-state index contributed by atoms with van der Waals surface area (Å²) in [5, 5.41) is 2.88. The molecule has 16 heavy (non-hydrogen) atoms. The molecule has 4 heteroatoms. The van der Waals surface area contributed by atoms with Crippen molar-refractivity contribution in [3.8, 4) is 0 Å². The van der Waals surface area contributed by atoms with Gasteiger partial charge in [0.1, 0.15) is 11.9 Å². The summed E-state index contributed by atoms with van der Waals surface area (Å²) in [4.78, 5) is 11.5. The number of halogens is 1. The van der Waals surface area contributed by atoms with Gasteiger partial charge in [-0.25, -0.2) is 4.39 Å². The number of rotatable bonds is 5. The molecule has 0 spiro atoms. The third-order valence-electron chi connectivity index (χ3n) is 2.27. The Morgan fingerprint density at radius 2 is 2.06 bits per heavy atom. The van der Waals surface area contributed by atoms with E-state index < -0.39 is 0 Å². The number of hydrogen-bond acceptors (Lipinski definition) is 3. The minimum absolute atomic E-state index is 0.277. The van der Waals surface area contributed by atoms with E-state index in [9.17, 15) is 9.18 Å². The summed E-state index contributed by atoms with van der Waals surface area (Å²) in [7, 11) is 1.70. The fourth-order valence-electron chi connectivity index (χ4n) is 1.40. The van der Waals surface area contributed by atoms with Crippen LogP contribution < -0.4 is 5.32 Å². The van der Waals surface area contributed by atoms with Crippen LogP contribution in [0.15, 0.2) is 24.3 Å². The summed E-state index contributed by atoms with van der Waals surface area (Å²) in [6.07, 6.45) is 0.496. The van der Waals surface area contributed by atoms with E-state index in [-0.39, 0.29) is 17.8 Å². The highest BCUT2D eigenvalue weighted by atomic mass is 19.1. The molecule has 1 N–H and O–H groups in total. The summed E-state index contributed by atoms with van der Waals surface area (Å²) < 4.78 is 17.6. The van der Waals surface area contributed by atoms with Gasteiger partial charge in [-0.1, -0.05) is 12.1 Å². The van der Waals surface area contributed by atoms with Crippen molar-refractivity contribution in [3.05, 3.63) is 35.6 Å². The van der Waals surface area contributed by atoms with E-state index in [2.05, 4.69) is 5.32 Å². The van der Waals surface area contributed by atoms with Crippen LogP contribution in [0.4, 0.5) is 4.39 Å². The number of carbonyl (C=O) groups excluding carboxylic acids is 1. The highest BCUT2D eigenvalue weighted by Gasteiger charge is 2.17. The Kier molecular flexibility index (Phi) is 4.92. The largest absolute Gasteiger partial charge is 0.465 e. The Balaban J connectivity index is 2.62. The first-order valence-corrected chi connectivity index (χ1v) is 5.25. The smallest absolute Gasteiger partial charge is 0.323 e. The predicted molar refractivity (Wildman–Crippen MR) is 59.6 cm³/mol. The highest BCUT2D eigenvalue weighted by Crippen LogP contribution is 2.06. The molecule has 0 saturated heterocycles. The van der Waals surface area contributed by atoms with Crippen molar-refractivity contribution in [2.75, 3.05) is 13.7 Å². The third kappa shape index (κ3) is 3.62. The Labute approximate surface area is 94.6 Å². The normalized spacial score (nSPS) is 12.2. The molecule has 88 valence electrons. The Bertz CT molecular complexity index is 337. The van der Waals surface area contributed by atoms with Crippen LogP contribution in [-0.4, -0.2) is 25.7 Å². The molecular formula is C12H16FNO2. The SMILES string of the molecule is CCOC(=O)[C@H](Cc1ccc(F)cc1)NC. The zero-order valence-electron chi connectivity index (χ0n) is 9.50. The number of hydrogen-bond donors (Lipinski definition) is 1. The van der Waals surface area contributed by atoms with Gasteiger partial charge in [0.25, 0.3) is 0 Å². The first-order valence-electron chi connectivity index (χ1n) is 5.25. The van der Waals surface area contributed by atoms with Gasteiger partial charge in [-0.2, -0.15) is 0 Å². The minimum atomic E-state index is -0.384. The van der Waals surface area contributed by atoms with Crippen LogP contribution in [0.25, 0.3) is 0 Å². The van der Waals surface area contributed by atoms with Crippen molar-refractivity contribution in [3.63, 3.8) is 0 Å². The second-order valence-corrected chi connectivity index (χ2v) is 3.42. The Morgan fingerprint density at radius 1 is 1.44 bits per heavy atom. The molecule has 0 aliphatic heterocycles. The number of likely N-dealkylation sites (N-methyl/N-ethyl adjacent to an activating group) is 1. The maximum atomic E-state index is 12.7. The van der Waals surface area contributed by atoms with Crippen LogP contribution in [0.1, 0.15) is 12.5 Å². The number of carbonyl (C=O) groups is 1. The molecule has 1 rings (SSSR count). The second kappa shape index (κ2) is 6.23. The topological polar surface area (TPSA) is 38.3 Å². The summed E-state index contributed by atoms with van der Waals surface area (Å²) in [5.41, 5.74) is 0.897. The average molecular weight is 225 g/mol. The molecule has 0 aromatic heterocycles. The zero-order valence-corrected chi connectivity index (χ0v) is 9.50. The summed E-state index contributed by atoms with van der Waals surface area (Å²) in [6.45, 7) is 2.13. The van der Waals surface area contributed by atoms with Crippen molar-refractivity contribution in [2.24, 2.45) is 0 Å². The van der Waals surface area contributed by atoms with Gasteiger partial charge < -0.3 is 10.1 Å². The maximum Gasteiger partial charge on any atom is 0.323 e. The maximum absolute atomic E-state index is 12.7. The molecule has 0 heterocycles. The monoisotopic (exact) mass is 225 g/mol. The summed E-state index contributed by atoms with van der Waals surface area (Å²) in [5.74, 6) is -0.560. The Hall–Kier alpha value is -1.42. The van der Waals surface area contributed by atoms with Crippen molar-refractivity contribution >= 4 is 5.97 Å². The molecule has 0 amide bonds. The van der Waals surface area contributed by atoms with E-state index in [1.165, 1.54) is 12.1 Å². The van der Waals surface area contributed by atoms with E-state index >= 15 is 0 Å². The van der Waals surface area contributed by atoms with Crippen LogP contribution >= 0.6 is 0 Å². The average Bonchev–Trinajstić information content (AvgIpc) is 2.28. The third-order valence-corrected chi connectivity index (χ3v) is 2.27. The van der Waals surface area contributed by atoms with Crippen LogP contribution in [0.3, 0.4) is 0 Å². The van der Waals surface area contributed by atoms with Gasteiger partial charge in [-0.3, -0.25) is 4.79 Å². The molecule has 0 aliphatic rings. The highest BCUT2D eigenvalue weighted by molar-refractivity contribution is 5.76. The molecule has 0 unspecified atom stereocenters. The molecule has 1 atom stereocenters. The second-order valence-electron chi connectivity index (χ2n) is 3.42. The molecule has 1 aromatic carbocycles. The molecule has 1 aromatic rings. The number of ether oxygens (including phenoxy) is 1. The quantitative estimate of drug-likeness (QED) is 0.772. The standard InChI is InChI=1S/C12H16FNO2/c1-3-16-12(15)11(14-2)8-9-4-6-10(13)7-5-9/h4-7,11,14H,3,8H2,1-2H3/t11-/m0/s1. The van der Waals surface area contributed by atoms with E-state index in [1.807, 2.05) is 0 Å². The fraction of sp³-hybridized carbons (Fsp3) is 0.417. The lowest BCUT2D eigenvalue weighted by Crippen LogP contribution is -2.37. The van der Waals surface area contributed by atoms with Gasteiger partial charge >= 0.3 is 5.97 Å². The van der Waals surface area contributed by atoms with E-state index in [0.29, 0.717) is 13.0 Å². The van der Waals surface area contributed by atoms with E-state index in [4.69, 9.17) is 4.74 Å². The van der Waals surface area contributed by atoms with Gasteiger partial charge in [-0.15, -0.1) is 0 Å². The summed E-state index contributed by atoms with van der Waals surface area (Å²) >= 11 is 0. The lowest BCUT2D eigenvalue weighted by molar-refractivity contribution is -0.145. The fourth-order valence-corrected chi connectivity index (χ4v) is 1.40. The van der Waals surface area contributed by atoms with Crippen LogP contribution in [0, 0.1) is 5.82 Å². The molecule has 0 saturated carbocycles. The number of benzene rings is 1. The van der Waals surface area contributed by atoms with Gasteiger partial charge in [0, 0.05) is 0 Å². The van der Waals surface area contributed by atoms with Crippen molar-refractivity contribution in [2.45, 2.75) is 19.4 Å². The van der Waals surface area contributed by atoms with Gasteiger partial charge in [0.15, 0.2) is 0 Å². The molecule has 0 bridgehead atoms. The number of esters is 1. The summed E-state index contributed by atoms with van der Waals surface area (Å²) in [6, 6.07) is 5.71. The number of nitrogens with one attached hydrogen (secondary N) is 1. The molecule has 0 fully saturated rings. The molecule has 0 radical (unpaired) electrons. The van der Waals surface area contributed by atoms with Gasteiger partial charge in [0.05, 0.1) is 6.61 Å². The first kappa shape index (κ1) is 12.6. The van der Waals surface area contributed by atoms with Crippen molar-refractivity contribution in [1.82, 2.24) is 5.32 Å².